The fourth-order valence-electron chi connectivity index (χ4n) is 3.63. The van der Waals surface area contributed by atoms with Crippen LogP contribution < -0.4 is 5.73 Å². The van der Waals surface area contributed by atoms with Crippen molar-refractivity contribution in [3.8, 4) is 0 Å². The second kappa shape index (κ2) is 7.71. The lowest BCUT2D eigenvalue weighted by molar-refractivity contribution is 0.410. The Morgan fingerprint density at radius 3 is 2.37 bits per heavy atom. The number of hydrogen-bond acceptors (Lipinski definition) is 5. The van der Waals surface area contributed by atoms with E-state index in [0.29, 0.717) is 13.0 Å². The third kappa shape index (κ3) is 4.57. The van der Waals surface area contributed by atoms with Crippen molar-refractivity contribution in [1.29, 1.82) is 0 Å². The quantitative estimate of drug-likeness (QED) is 0.785. The number of benzene rings is 2. The highest BCUT2D eigenvalue weighted by Crippen LogP contribution is 2.34. The SMILES string of the molecule is CS(=O)(=O)N1C[C@@H](c2ccccc2)C[C@H]1CS(=O)(=O)c1cccc(CN)c1. The molecule has 2 aromatic rings. The van der Waals surface area contributed by atoms with Gasteiger partial charge in [0.2, 0.25) is 10.0 Å². The van der Waals surface area contributed by atoms with E-state index in [4.69, 9.17) is 5.73 Å². The highest BCUT2D eigenvalue weighted by molar-refractivity contribution is 7.91. The lowest BCUT2D eigenvalue weighted by Gasteiger charge is -2.22. The summed E-state index contributed by atoms with van der Waals surface area (Å²) in [7, 11) is -7.15. The van der Waals surface area contributed by atoms with E-state index in [1.807, 2.05) is 30.3 Å². The predicted octanol–water partition coefficient (Wildman–Crippen LogP) is 1.74. The van der Waals surface area contributed by atoms with Crippen molar-refractivity contribution in [3.63, 3.8) is 0 Å². The average molecular weight is 409 g/mol. The molecule has 0 amide bonds. The van der Waals surface area contributed by atoms with Crippen LogP contribution >= 0.6 is 0 Å². The first-order valence-electron chi connectivity index (χ1n) is 8.74. The van der Waals surface area contributed by atoms with Crippen LogP contribution in [0.2, 0.25) is 0 Å². The van der Waals surface area contributed by atoms with Crippen molar-refractivity contribution in [1.82, 2.24) is 4.31 Å². The van der Waals surface area contributed by atoms with E-state index in [1.165, 1.54) is 10.4 Å². The minimum atomic E-state index is -3.64. The van der Waals surface area contributed by atoms with Gasteiger partial charge in [-0.2, -0.15) is 4.31 Å². The van der Waals surface area contributed by atoms with Crippen molar-refractivity contribution in [2.75, 3.05) is 18.6 Å². The third-order valence-electron chi connectivity index (χ3n) is 4.97. The molecular weight excluding hydrogens is 384 g/mol. The molecule has 1 aliphatic heterocycles. The molecule has 8 heteroatoms. The van der Waals surface area contributed by atoms with Gasteiger partial charge in [0.25, 0.3) is 0 Å². The Morgan fingerprint density at radius 2 is 1.74 bits per heavy atom. The summed E-state index contributed by atoms with van der Waals surface area (Å²) >= 11 is 0. The molecule has 1 aliphatic rings. The van der Waals surface area contributed by atoms with Crippen molar-refractivity contribution >= 4 is 19.9 Å². The molecule has 6 nitrogen and oxygen atoms in total. The van der Waals surface area contributed by atoms with Crippen LogP contribution in [0.15, 0.2) is 59.5 Å². The number of nitrogens with zero attached hydrogens (tertiary/aromatic N) is 1. The highest BCUT2D eigenvalue weighted by Gasteiger charge is 2.40. The Bertz CT molecular complexity index is 1010. The van der Waals surface area contributed by atoms with E-state index in [0.717, 1.165) is 17.4 Å². The fraction of sp³-hybridized carbons (Fsp3) is 0.368. The van der Waals surface area contributed by atoms with Gasteiger partial charge in [-0.05, 0) is 35.6 Å². The zero-order valence-corrected chi connectivity index (χ0v) is 16.8. The van der Waals surface area contributed by atoms with E-state index in [9.17, 15) is 16.8 Å². The molecular formula is C19H24N2O4S2. The standard InChI is InChI=1S/C19H24N2O4S2/c1-26(22,23)21-13-17(16-7-3-2-4-8-16)11-18(21)14-27(24,25)19-9-5-6-15(10-19)12-20/h2-10,17-18H,11-14,20H2,1H3/t17-,18-/m0/s1. The summed E-state index contributed by atoms with van der Waals surface area (Å²) in [5.74, 6) is -0.256. The topological polar surface area (TPSA) is 97.5 Å². The molecule has 0 spiro atoms. The van der Waals surface area contributed by atoms with Gasteiger partial charge in [0, 0.05) is 19.1 Å². The van der Waals surface area contributed by atoms with Crippen LogP contribution in [0.5, 0.6) is 0 Å². The highest BCUT2D eigenvalue weighted by atomic mass is 32.2. The molecule has 1 heterocycles. The number of sulfone groups is 1. The van der Waals surface area contributed by atoms with Gasteiger partial charge >= 0.3 is 0 Å². The molecule has 2 aromatic carbocycles. The Kier molecular flexibility index (Phi) is 5.71. The lowest BCUT2D eigenvalue weighted by atomic mass is 9.97. The average Bonchev–Trinajstić information content (AvgIpc) is 3.06. The lowest BCUT2D eigenvalue weighted by Crippen LogP contribution is -2.39. The molecule has 146 valence electrons. The first-order valence-corrected chi connectivity index (χ1v) is 12.2. The molecule has 1 fully saturated rings. The van der Waals surface area contributed by atoms with Gasteiger partial charge in [-0.25, -0.2) is 16.8 Å². The maximum Gasteiger partial charge on any atom is 0.211 e. The molecule has 3 rings (SSSR count). The number of hydrogen-bond donors (Lipinski definition) is 1. The first-order chi connectivity index (χ1) is 12.7. The van der Waals surface area contributed by atoms with Crippen LogP contribution in [0.3, 0.4) is 0 Å². The van der Waals surface area contributed by atoms with Gasteiger partial charge in [0.1, 0.15) is 0 Å². The Balaban J connectivity index is 1.88. The molecule has 0 radical (unpaired) electrons. The maximum absolute atomic E-state index is 12.9. The molecule has 0 aliphatic carbocycles. The monoisotopic (exact) mass is 408 g/mol. The summed E-state index contributed by atoms with van der Waals surface area (Å²) in [4.78, 5) is 0.182. The molecule has 0 saturated carbocycles. The molecule has 0 aromatic heterocycles. The van der Waals surface area contributed by atoms with Crippen molar-refractivity contribution in [2.24, 2.45) is 5.73 Å². The Labute approximate surface area is 161 Å². The minimum Gasteiger partial charge on any atom is -0.326 e. The second-order valence-electron chi connectivity index (χ2n) is 6.96. The van der Waals surface area contributed by atoms with Crippen molar-refractivity contribution in [3.05, 3.63) is 65.7 Å². The molecule has 1 saturated heterocycles. The fourth-order valence-corrected chi connectivity index (χ4v) is 6.51. The molecule has 2 atom stereocenters. The van der Waals surface area contributed by atoms with Crippen LogP contribution in [0.4, 0.5) is 0 Å². The van der Waals surface area contributed by atoms with E-state index in [-0.39, 0.29) is 23.1 Å². The Morgan fingerprint density at radius 1 is 1.04 bits per heavy atom. The zero-order chi connectivity index (χ0) is 19.7. The predicted molar refractivity (Wildman–Crippen MR) is 106 cm³/mol. The van der Waals surface area contributed by atoms with Crippen molar-refractivity contribution < 1.29 is 16.8 Å². The second-order valence-corrected chi connectivity index (χ2v) is 10.9. The normalized spacial score (nSPS) is 21.4. The van der Waals surface area contributed by atoms with Crippen LogP contribution in [-0.4, -0.2) is 45.7 Å². The summed E-state index contributed by atoms with van der Waals surface area (Å²) in [6, 6.07) is 15.5. The van der Waals surface area contributed by atoms with Gasteiger partial charge in [-0.1, -0.05) is 42.5 Å². The van der Waals surface area contributed by atoms with Crippen LogP contribution in [0.1, 0.15) is 23.5 Å². The van der Waals surface area contributed by atoms with Gasteiger partial charge in [0.15, 0.2) is 9.84 Å². The number of rotatable bonds is 6. The first kappa shape index (κ1) is 20.0. The number of nitrogens with two attached hydrogens (primary N) is 1. The van der Waals surface area contributed by atoms with E-state index in [2.05, 4.69) is 0 Å². The van der Waals surface area contributed by atoms with Gasteiger partial charge < -0.3 is 5.73 Å². The largest absolute Gasteiger partial charge is 0.326 e. The van der Waals surface area contributed by atoms with Gasteiger partial charge in [-0.15, -0.1) is 0 Å². The third-order valence-corrected chi connectivity index (χ3v) is 8.06. The van der Waals surface area contributed by atoms with E-state index >= 15 is 0 Å². The summed E-state index contributed by atoms with van der Waals surface area (Å²) in [6.45, 7) is 0.546. The molecule has 2 N–H and O–H groups in total. The molecule has 0 unspecified atom stereocenters. The maximum atomic E-state index is 12.9. The van der Waals surface area contributed by atoms with Crippen molar-refractivity contribution in [2.45, 2.75) is 29.8 Å². The Hall–Kier alpha value is -1.74. The van der Waals surface area contributed by atoms with Crippen LogP contribution in [0, 0.1) is 0 Å². The summed E-state index contributed by atoms with van der Waals surface area (Å²) in [5, 5.41) is 0. The van der Waals surface area contributed by atoms with Gasteiger partial charge in [-0.3, -0.25) is 0 Å². The summed E-state index contributed by atoms with van der Waals surface area (Å²) in [6.07, 6.45) is 1.61. The molecule has 27 heavy (non-hydrogen) atoms. The zero-order valence-electron chi connectivity index (χ0n) is 15.2. The minimum absolute atomic E-state index is 0.0171. The van der Waals surface area contributed by atoms with Gasteiger partial charge in [0.05, 0.1) is 16.9 Å². The summed E-state index contributed by atoms with van der Waals surface area (Å²) < 4.78 is 51.7. The van der Waals surface area contributed by atoms with E-state index < -0.39 is 25.9 Å². The molecule has 0 bridgehead atoms. The van der Waals surface area contributed by atoms with Crippen LogP contribution in [-0.2, 0) is 26.4 Å². The smallest absolute Gasteiger partial charge is 0.211 e. The van der Waals surface area contributed by atoms with Crippen LogP contribution in [0.25, 0.3) is 0 Å². The summed E-state index contributed by atoms with van der Waals surface area (Å²) in [5.41, 5.74) is 7.36. The number of sulfonamides is 1. The van der Waals surface area contributed by atoms with E-state index in [1.54, 1.807) is 18.2 Å².